The zero-order valence-corrected chi connectivity index (χ0v) is 15.4. The number of nitrogens with zero attached hydrogens (tertiary/aromatic N) is 2. The molecule has 28 heavy (non-hydrogen) atoms. The summed E-state index contributed by atoms with van der Waals surface area (Å²) in [7, 11) is 0. The number of rotatable bonds is 1. The van der Waals surface area contributed by atoms with Gasteiger partial charge in [-0.1, -0.05) is 42.5 Å². The lowest BCUT2D eigenvalue weighted by Crippen LogP contribution is -1.92. The quantitative estimate of drug-likeness (QED) is 0.369. The van der Waals surface area contributed by atoms with E-state index < -0.39 is 0 Å². The lowest BCUT2D eigenvalue weighted by atomic mass is 10.0. The largest absolute Gasteiger partial charge is 0.353 e. The van der Waals surface area contributed by atoms with E-state index in [-0.39, 0.29) is 0 Å². The first-order valence-corrected chi connectivity index (χ1v) is 9.44. The molecule has 0 aliphatic rings. The van der Waals surface area contributed by atoms with Crippen molar-refractivity contribution in [2.24, 2.45) is 0 Å². The number of benzene rings is 3. The summed E-state index contributed by atoms with van der Waals surface area (Å²) >= 11 is 0. The van der Waals surface area contributed by atoms with Crippen LogP contribution < -0.4 is 0 Å². The highest BCUT2D eigenvalue weighted by Crippen LogP contribution is 2.32. The van der Waals surface area contributed by atoms with Crippen LogP contribution in [0.5, 0.6) is 0 Å². The molecule has 0 saturated carbocycles. The fourth-order valence-electron chi connectivity index (χ4n) is 4.08. The molecule has 0 amide bonds. The molecule has 3 aromatic carbocycles. The molecular weight excluding hydrogens is 342 g/mol. The van der Waals surface area contributed by atoms with Gasteiger partial charge in [0, 0.05) is 27.1 Å². The molecule has 0 atom stereocenters. The van der Waals surface area contributed by atoms with Gasteiger partial charge in [-0.2, -0.15) is 0 Å². The van der Waals surface area contributed by atoms with Crippen molar-refractivity contribution in [2.45, 2.75) is 6.92 Å². The SMILES string of the molecule is Cc1cc(-c2ccc3ccccc3n2)[nH]c2cc3nc4ccccc4c3cc12. The first-order chi connectivity index (χ1) is 13.8. The minimum atomic E-state index is 0.949. The molecule has 6 rings (SSSR count). The van der Waals surface area contributed by atoms with Gasteiger partial charge in [-0.15, -0.1) is 0 Å². The van der Waals surface area contributed by atoms with Gasteiger partial charge < -0.3 is 4.98 Å². The first-order valence-electron chi connectivity index (χ1n) is 9.44. The molecule has 0 spiro atoms. The summed E-state index contributed by atoms with van der Waals surface area (Å²) in [6.07, 6.45) is 0. The second-order valence-electron chi connectivity index (χ2n) is 7.30. The average molecular weight is 359 g/mol. The number of hydrogen-bond donors (Lipinski definition) is 1. The number of aromatic nitrogens is 3. The van der Waals surface area contributed by atoms with Crippen molar-refractivity contribution >= 4 is 43.6 Å². The van der Waals surface area contributed by atoms with Crippen molar-refractivity contribution in [1.29, 1.82) is 0 Å². The van der Waals surface area contributed by atoms with Crippen molar-refractivity contribution in [1.82, 2.24) is 15.0 Å². The predicted octanol–water partition coefficient (Wildman–Crippen LogP) is 6.39. The van der Waals surface area contributed by atoms with Crippen molar-refractivity contribution in [3.8, 4) is 11.4 Å². The Morgan fingerprint density at radius 3 is 2.39 bits per heavy atom. The van der Waals surface area contributed by atoms with E-state index in [2.05, 4.69) is 72.6 Å². The van der Waals surface area contributed by atoms with Crippen LogP contribution in [0.25, 0.3) is 55.0 Å². The van der Waals surface area contributed by atoms with E-state index >= 15 is 0 Å². The molecule has 0 aliphatic carbocycles. The summed E-state index contributed by atoms with van der Waals surface area (Å²) in [5.74, 6) is 0. The highest BCUT2D eigenvalue weighted by atomic mass is 14.8. The van der Waals surface area contributed by atoms with E-state index in [0.717, 1.165) is 38.8 Å². The Labute approximate surface area is 161 Å². The number of para-hydroxylation sites is 2. The average Bonchev–Trinajstić information content (AvgIpc) is 3.09. The van der Waals surface area contributed by atoms with E-state index in [9.17, 15) is 0 Å². The number of aryl methyl sites for hydroxylation is 1. The van der Waals surface area contributed by atoms with Crippen molar-refractivity contribution in [2.75, 3.05) is 0 Å². The predicted molar refractivity (Wildman–Crippen MR) is 117 cm³/mol. The number of fused-ring (bicyclic) bond motifs is 5. The smallest absolute Gasteiger partial charge is 0.0872 e. The summed E-state index contributed by atoms with van der Waals surface area (Å²) in [4.78, 5) is 13.2. The Morgan fingerprint density at radius 1 is 0.643 bits per heavy atom. The maximum absolute atomic E-state index is 4.84. The Bertz CT molecular complexity index is 1530. The topological polar surface area (TPSA) is 41.6 Å². The van der Waals surface area contributed by atoms with Gasteiger partial charge in [-0.05, 0) is 48.9 Å². The van der Waals surface area contributed by atoms with Gasteiger partial charge in [-0.3, -0.25) is 0 Å². The van der Waals surface area contributed by atoms with Crippen LogP contribution in [0, 0.1) is 6.92 Å². The normalized spacial score (nSPS) is 11.8. The minimum absolute atomic E-state index is 0.949. The highest BCUT2D eigenvalue weighted by molar-refractivity contribution is 6.11. The molecule has 3 heterocycles. The maximum Gasteiger partial charge on any atom is 0.0872 e. The van der Waals surface area contributed by atoms with Crippen LogP contribution in [0.2, 0.25) is 0 Å². The molecule has 132 valence electrons. The Balaban J connectivity index is 1.61. The first kappa shape index (κ1) is 15.3. The lowest BCUT2D eigenvalue weighted by Gasteiger charge is -2.09. The van der Waals surface area contributed by atoms with Gasteiger partial charge in [-0.25, -0.2) is 9.97 Å². The monoisotopic (exact) mass is 359 g/mol. The summed E-state index contributed by atoms with van der Waals surface area (Å²) in [6.45, 7) is 2.16. The van der Waals surface area contributed by atoms with Crippen molar-refractivity contribution in [3.63, 3.8) is 0 Å². The number of H-pyrrole nitrogens is 1. The van der Waals surface area contributed by atoms with Gasteiger partial charge in [0.1, 0.15) is 0 Å². The minimum Gasteiger partial charge on any atom is -0.353 e. The van der Waals surface area contributed by atoms with Crippen LogP contribution in [-0.2, 0) is 0 Å². The van der Waals surface area contributed by atoms with E-state index in [4.69, 9.17) is 9.97 Å². The molecule has 0 fully saturated rings. The Kier molecular flexibility index (Phi) is 3.09. The van der Waals surface area contributed by atoms with E-state index in [1.165, 1.54) is 21.7 Å². The van der Waals surface area contributed by atoms with Crippen LogP contribution in [0.1, 0.15) is 5.56 Å². The van der Waals surface area contributed by atoms with Crippen LogP contribution >= 0.6 is 0 Å². The summed E-state index contributed by atoms with van der Waals surface area (Å²) in [5.41, 5.74) is 7.35. The van der Waals surface area contributed by atoms with E-state index in [0.29, 0.717) is 0 Å². The summed E-state index contributed by atoms with van der Waals surface area (Å²) < 4.78 is 0. The summed E-state index contributed by atoms with van der Waals surface area (Å²) in [6, 6.07) is 27.3. The molecule has 0 radical (unpaired) electrons. The van der Waals surface area contributed by atoms with Crippen LogP contribution in [-0.4, -0.2) is 15.0 Å². The fourth-order valence-corrected chi connectivity index (χ4v) is 4.08. The van der Waals surface area contributed by atoms with Gasteiger partial charge in [0.2, 0.25) is 0 Å². The number of pyridine rings is 2. The molecule has 3 heteroatoms. The van der Waals surface area contributed by atoms with Gasteiger partial charge in [0.25, 0.3) is 0 Å². The molecule has 0 unspecified atom stereocenters. The standard InChI is InChI=1S/C25H17N3/c1-15-12-25(22-11-10-16-6-2-4-8-20(16)26-22)28-23-14-24-19(13-18(15)23)17-7-3-5-9-21(17)27-24/h2-14,28H,1H3. The van der Waals surface area contributed by atoms with Gasteiger partial charge in [0.15, 0.2) is 0 Å². The number of aromatic amines is 1. The third-order valence-electron chi connectivity index (χ3n) is 5.50. The second kappa shape index (κ2) is 5.64. The van der Waals surface area contributed by atoms with E-state index in [1.54, 1.807) is 0 Å². The van der Waals surface area contributed by atoms with Crippen LogP contribution in [0.15, 0.2) is 78.9 Å². The highest BCUT2D eigenvalue weighted by Gasteiger charge is 2.10. The molecule has 0 aliphatic heterocycles. The van der Waals surface area contributed by atoms with E-state index in [1.807, 2.05) is 18.2 Å². The van der Waals surface area contributed by atoms with Crippen molar-refractivity contribution < 1.29 is 0 Å². The maximum atomic E-state index is 4.84. The van der Waals surface area contributed by atoms with Crippen LogP contribution in [0.4, 0.5) is 0 Å². The Morgan fingerprint density at radius 2 is 1.46 bits per heavy atom. The molecule has 6 aromatic rings. The molecule has 0 bridgehead atoms. The zero-order chi connectivity index (χ0) is 18.7. The third kappa shape index (κ3) is 2.23. The molecule has 3 nitrogen and oxygen atoms in total. The lowest BCUT2D eigenvalue weighted by molar-refractivity contribution is 1.30. The van der Waals surface area contributed by atoms with Crippen molar-refractivity contribution in [3.05, 3.63) is 84.4 Å². The molecule has 1 N–H and O–H groups in total. The number of hydrogen-bond acceptors (Lipinski definition) is 2. The molecule has 3 aromatic heterocycles. The molecule has 0 saturated heterocycles. The second-order valence-corrected chi connectivity index (χ2v) is 7.30. The van der Waals surface area contributed by atoms with Gasteiger partial charge >= 0.3 is 0 Å². The number of nitrogens with one attached hydrogen (secondary N) is 1. The zero-order valence-electron chi connectivity index (χ0n) is 15.4. The Hall–Kier alpha value is -3.72. The molecular formula is C25H17N3. The fraction of sp³-hybridized carbons (Fsp3) is 0.0400. The van der Waals surface area contributed by atoms with Gasteiger partial charge in [0.05, 0.1) is 27.9 Å². The van der Waals surface area contributed by atoms with Crippen LogP contribution in [0.3, 0.4) is 0 Å². The summed E-state index contributed by atoms with van der Waals surface area (Å²) in [5, 5.41) is 4.78. The third-order valence-corrected chi connectivity index (χ3v) is 5.50.